The molecule has 1 heterocycles. The van der Waals surface area contributed by atoms with E-state index in [0.29, 0.717) is 4.47 Å². The molecule has 0 saturated heterocycles. The highest BCUT2D eigenvalue weighted by Crippen LogP contribution is 2.19. The first-order valence-electron chi connectivity index (χ1n) is 8.23. The van der Waals surface area contributed by atoms with Gasteiger partial charge in [0.25, 0.3) is 5.91 Å². The van der Waals surface area contributed by atoms with Crippen LogP contribution in [0, 0.1) is 13.8 Å². The number of carbonyl (C=O) groups is 3. The lowest BCUT2D eigenvalue weighted by Gasteiger charge is -2.14. The van der Waals surface area contributed by atoms with Gasteiger partial charge in [0.2, 0.25) is 5.91 Å². The van der Waals surface area contributed by atoms with Crippen molar-refractivity contribution in [2.24, 2.45) is 0 Å². The normalized spacial score (nSPS) is 11.4. The Hall–Kier alpha value is -2.74. The third-order valence-corrected chi connectivity index (χ3v) is 4.20. The van der Waals surface area contributed by atoms with Gasteiger partial charge in [-0.05, 0) is 53.9 Å². The van der Waals surface area contributed by atoms with E-state index in [-0.39, 0.29) is 18.0 Å². The summed E-state index contributed by atoms with van der Waals surface area (Å²) >= 11 is 3.21. The number of aryl methyl sites for hydroxylation is 2. The second-order valence-corrected chi connectivity index (χ2v) is 6.89. The smallest absolute Gasteiger partial charge is 0.340 e. The van der Waals surface area contributed by atoms with Crippen LogP contribution in [-0.4, -0.2) is 35.4 Å². The topological polar surface area (TPSA) is 97.4 Å². The Morgan fingerprint density at radius 3 is 2.48 bits per heavy atom. The van der Waals surface area contributed by atoms with Gasteiger partial charge in [-0.2, -0.15) is 0 Å². The van der Waals surface area contributed by atoms with E-state index in [2.05, 4.69) is 31.5 Å². The number of hydrogen-bond donors (Lipinski definition) is 2. The molecule has 0 bridgehead atoms. The maximum Gasteiger partial charge on any atom is 0.340 e. The number of rotatable bonds is 6. The third-order valence-electron chi connectivity index (χ3n) is 3.76. The zero-order valence-corrected chi connectivity index (χ0v) is 16.8. The average molecular weight is 434 g/mol. The van der Waals surface area contributed by atoms with Gasteiger partial charge in [-0.25, -0.2) is 4.79 Å². The van der Waals surface area contributed by atoms with Crippen LogP contribution in [-0.2, 0) is 14.3 Å². The minimum atomic E-state index is -1.05. The van der Waals surface area contributed by atoms with Crippen molar-refractivity contribution in [1.29, 1.82) is 0 Å². The van der Waals surface area contributed by atoms with E-state index in [4.69, 9.17) is 4.74 Å². The molecule has 2 amide bonds. The fraction of sp³-hybridized carbons (Fsp3) is 0.263. The summed E-state index contributed by atoms with van der Waals surface area (Å²) < 4.78 is 5.72. The monoisotopic (exact) mass is 433 g/mol. The van der Waals surface area contributed by atoms with Crippen LogP contribution in [0.3, 0.4) is 0 Å². The van der Waals surface area contributed by atoms with E-state index in [0.717, 1.165) is 16.8 Å². The average Bonchev–Trinajstić information content (AvgIpc) is 2.62. The van der Waals surface area contributed by atoms with E-state index in [9.17, 15) is 14.4 Å². The van der Waals surface area contributed by atoms with Gasteiger partial charge >= 0.3 is 5.97 Å². The van der Waals surface area contributed by atoms with Gasteiger partial charge in [-0.1, -0.05) is 18.2 Å². The lowest BCUT2D eigenvalue weighted by molar-refractivity contribution is -0.130. The molecule has 2 N–H and O–H groups in total. The van der Waals surface area contributed by atoms with Crippen molar-refractivity contribution in [1.82, 2.24) is 10.3 Å². The molecule has 0 aliphatic rings. The van der Waals surface area contributed by atoms with Crippen LogP contribution in [0.5, 0.6) is 0 Å². The summed E-state index contributed by atoms with van der Waals surface area (Å²) in [5.41, 5.74) is 2.80. The molecule has 1 aromatic carbocycles. The van der Waals surface area contributed by atoms with Crippen molar-refractivity contribution in [2.75, 3.05) is 11.9 Å². The Kier molecular flexibility index (Phi) is 7.06. The molecular weight excluding hydrogens is 414 g/mol. The van der Waals surface area contributed by atoms with Crippen LogP contribution in [0.2, 0.25) is 0 Å². The Morgan fingerprint density at radius 2 is 1.85 bits per heavy atom. The Labute approximate surface area is 165 Å². The van der Waals surface area contributed by atoms with Crippen LogP contribution in [0.25, 0.3) is 0 Å². The molecule has 0 fully saturated rings. The second kappa shape index (κ2) is 9.27. The fourth-order valence-corrected chi connectivity index (χ4v) is 2.68. The molecule has 2 aromatic rings. The number of carbonyl (C=O) groups excluding carboxylic acids is 3. The quantitative estimate of drug-likeness (QED) is 0.682. The summed E-state index contributed by atoms with van der Waals surface area (Å²) in [5.74, 6) is -1.61. The summed E-state index contributed by atoms with van der Waals surface area (Å²) in [7, 11) is 0. The first kappa shape index (κ1) is 20.6. The number of ether oxygens (including phenoxy) is 1. The maximum atomic E-state index is 12.1. The predicted molar refractivity (Wildman–Crippen MR) is 104 cm³/mol. The first-order chi connectivity index (χ1) is 12.8. The number of para-hydroxylation sites is 1. The van der Waals surface area contributed by atoms with Crippen molar-refractivity contribution in [3.63, 3.8) is 0 Å². The van der Waals surface area contributed by atoms with Gasteiger partial charge in [0.1, 0.15) is 0 Å². The van der Waals surface area contributed by atoms with Gasteiger partial charge in [-0.3, -0.25) is 14.6 Å². The Morgan fingerprint density at radius 1 is 1.19 bits per heavy atom. The largest absolute Gasteiger partial charge is 0.449 e. The number of amides is 2. The van der Waals surface area contributed by atoms with Crippen LogP contribution in [0.4, 0.5) is 5.69 Å². The van der Waals surface area contributed by atoms with Gasteiger partial charge < -0.3 is 15.4 Å². The summed E-state index contributed by atoms with van der Waals surface area (Å²) in [4.78, 5) is 40.0. The van der Waals surface area contributed by atoms with Crippen LogP contribution < -0.4 is 10.6 Å². The third kappa shape index (κ3) is 5.89. The summed E-state index contributed by atoms with van der Waals surface area (Å²) in [6.45, 7) is 4.98. The zero-order valence-electron chi connectivity index (χ0n) is 15.2. The summed E-state index contributed by atoms with van der Waals surface area (Å²) in [6.07, 6.45) is 1.82. The minimum absolute atomic E-state index is 0.219. The molecule has 2 rings (SSSR count). The van der Waals surface area contributed by atoms with Crippen LogP contribution in [0.1, 0.15) is 28.4 Å². The number of nitrogens with zero attached hydrogens (tertiary/aromatic N) is 1. The van der Waals surface area contributed by atoms with E-state index in [1.807, 2.05) is 32.0 Å². The number of benzene rings is 1. The Bertz CT molecular complexity index is 850. The number of esters is 1. The summed E-state index contributed by atoms with van der Waals surface area (Å²) in [6, 6.07) is 7.22. The van der Waals surface area contributed by atoms with Crippen molar-refractivity contribution in [3.8, 4) is 0 Å². The SMILES string of the molecule is Cc1cccc(C)c1NC(=O)CNC(=O)C(C)OC(=O)c1cncc(Br)c1. The van der Waals surface area contributed by atoms with E-state index in [1.54, 1.807) is 0 Å². The molecule has 8 heteroatoms. The highest BCUT2D eigenvalue weighted by Gasteiger charge is 2.20. The van der Waals surface area contributed by atoms with Crippen molar-refractivity contribution in [2.45, 2.75) is 26.9 Å². The van der Waals surface area contributed by atoms with Crippen LogP contribution >= 0.6 is 15.9 Å². The molecule has 0 spiro atoms. The van der Waals surface area contributed by atoms with Gasteiger partial charge in [-0.15, -0.1) is 0 Å². The molecule has 27 heavy (non-hydrogen) atoms. The van der Waals surface area contributed by atoms with Gasteiger partial charge in [0, 0.05) is 22.6 Å². The fourth-order valence-electron chi connectivity index (χ4n) is 2.31. The number of hydrogen-bond acceptors (Lipinski definition) is 5. The number of aromatic nitrogens is 1. The minimum Gasteiger partial charge on any atom is -0.449 e. The molecule has 1 atom stereocenters. The molecule has 1 unspecified atom stereocenters. The maximum absolute atomic E-state index is 12.1. The number of nitrogens with one attached hydrogen (secondary N) is 2. The molecule has 1 aromatic heterocycles. The zero-order chi connectivity index (χ0) is 20.0. The first-order valence-corrected chi connectivity index (χ1v) is 9.02. The Balaban J connectivity index is 1.85. The number of pyridine rings is 1. The molecule has 142 valence electrons. The highest BCUT2D eigenvalue weighted by atomic mass is 79.9. The van der Waals surface area contributed by atoms with E-state index >= 15 is 0 Å². The lowest BCUT2D eigenvalue weighted by Crippen LogP contribution is -2.40. The van der Waals surface area contributed by atoms with Gasteiger partial charge in [0.05, 0.1) is 12.1 Å². The van der Waals surface area contributed by atoms with Gasteiger partial charge in [0.15, 0.2) is 6.10 Å². The van der Waals surface area contributed by atoms with E-state index in [1.165, 1.54) is 25.4 Å². The molecule has 7 nitrogen and oxygen atoms in total. The van der Waals surface area contributed by atoms with E-state index < -0.39 is 18.0 Å². The molecule has 0 radical (unpaired) electrons. The predicted octanol–water partition coefficient (Wildman–Crippen LogP) is 2.76. The van der Waals surface area contributed by atoms with Crippen LogP contribution in [0.15, 0.2) is 41.1 Å². The number of halogens is 1. The van der Waals surface area contributed by atoms with Crippen molar-refractivity contribution in [3.05, 3.63) is 57.8 Å². The number of anilines is 1. The van der Waals surface area contributed by atoms with Crippen molar-refractivity contribution < 1.29 is 19.1 Å². The lowest BCUT2D eigenvalue weighted by atomic mass is 10.1. The van der Waals surface area contributed by atoms with Crippen molar-refractivity contribution >= 4 is 39.4 Å². The second-order valence-electron chi connectivity index (χ2n) is 5.97. The molecule has 0 aliphatic carbocycles. The molecule has 0 saturated carbocycles. The highest BCUT2D eigenvalue weighted by molar-refractivity contribution is 9.10. The standard InChI is InChI=1S/C19H20BrN3O4/c1-11-5-4-6-12(2)17(11)23-16(24)10-22-18(25)13(3)27-19(26)14-7-15(20)9-21-8-14/h4-9,13H,10H2,1-3H3,(H,22,25)(H,23,24). The summed E-state index contributed by atoms with van der Waals surface area (Å²) in [5, 5.41) is 5.23. The molecular formula is C19H20BrN3O4. The molecule has 0 aliphatic heterocycles.